The summed E-state index contributed by atoms with van der Waals surface area (Å²) in [5, 5.41) is 9.01. The highest BCUT2D eigenvalue weighted by atomic mass is 127. The summed E-state index contributed by atoms with van der Waals surface area (Å²) in [6, 6.07) is 10.6. The normalized spacial score (nSPS) is 19.3. The lowest BCUT2D eigenvalue weighted by molar-refractivity contribution is -0.145. The number of carbonyl (C=O) groups excluding carboxylic acids is 1. The second-order valence-corrected chi connectivity index (χ2v) is 12.5. The summed E-state index contributed by atoms with van der Waals surface area (Å²) in [6.45, 7) is 4.37. The van der Waals surface area contributed by atoms with Gasteiger partial charge in [-0.25, -0.2) is 4.39 Å². The molecule has 0 saturated carbocycles. The van der Waals surface area contributed by atoms with Crippen molar-refractivity contribution in [1.82, 2.24) is 4.90 Å². The van der Waals surface area contributed by atoms with Crippen LogP contribution in [-0.4, -0.2) is 65.3 Å². The third kappa shape index (κ3) is 7.68. The first-order valence-electron chi connectivity index (χ1n) is 14.2. The van der Waals surface area contributed by atoms with Crippen LogP contribution in [0.3, 0.4) is 0 Å². The molecule has 4 atom stereocenters. The van der Waals surface area contributed by atoms with Gasteiger partial charge in [0.05, 0.1) is 12.7 Å². The van der Waals surface area contributed by atoms with Crippen LogP contribution < -0.4 is 9.64 Å². The topological polar surface area (TPSA) is 70.1 Å². The summed E-state index contributed by atoms with van der Waals surface area (Å²) < 4.78 is 63.0. The van der Waals surface area contributed by atoms with E-state index in [0.29, 0.717) is 35.4 Å². The Bertz CT molecular complexity index is 1230. The molecule has 1 N–H and O–H groups in total. The van der Waals surface area contributed by atoms with Gasteiger partial charge in [0.15, 0.2) is 5.67 Å². The highest BCUT2D eigenvalue weighted by molar-refractivity contribution is 14.1. The van der Waals surface area contributed by atoms with Crippen LogP contribution in [0.2, 0.25) is 0 Å². The number of amides is 1. The first kappa shape index (κ1) is 33.9. The van der Waals surface area contributed by atoms with Crippen molar-refractivity contribution in [3.05, 3.63) is 59.2 Å². The average molecular weight is 707 g/mol. The molecular weight excluding hydrogens is 667 g/mol. The van der Waals surface area contributed by atoms with Crippen molar-refractivity contribution in [2.24, 2.45) is 0 Å². The molecule has 42 heavy (non-hydrogen) atoms. The molecule has 0 unspecified atom stereocenters. The molecule has 0 spiro atoms. The maximum absolute atomic E-state index is 17.0. The Labute approximate surface area is 258 Å². The number of rotatable bonds is 13. The number of carboxylic acids is 1. The van der Waals surface area contributed by atoms with Gasteiger partial charge in [-0.15, -0.1) is 0 Å². The fourth-order valence-corrected chi connectivity index (χ4v) is 6.98. The van der Waals surface area contributed by atoms with Crippen LogP contribution in [0, 0.1) is 0 Å². The minimum Gasteiger partial charge on any atom is -0.497 e. The Morgan fingerprint density at radius 1 is 1.12 bits per heavy atom. The molecule has 0 radical (unpaired) electrons. The number of aliphatic carboxylic acids is 1. The van der Waals surface area contributed by atoms with Crippen LogP contribution in [0.25, 0.3) is 0 Å². The number of hydrogen-bond acceptors (Lipinski definition) is 4. The highest BCUT2D eigenvalue weighted by Crippen LogP contribution is 2.45. The summed E-state index contributed by atoms with van der Waals surface area (Å²) in [7, 11) is 3.18. The summed E-state index contributed by atoms with van der Waals surface area (Å²) >= 11 is 2.20. The van der Waals surface area contributed by atoms with E-state index in [1.165, 1.54) is 11.0 Å². The number of alkyl halides is 5. The molecule has 0 bridgehead atoms. The van der Waals surface area contributed by atoms with Crippen molar-refractivity contribution < 1.29 is 37.0 Å². The Morgan fingerprint density at radius 3 is 2.33 bits per heavy atom. The quantitative estimate of drug-likeness (QED) is 0.133. The number of methoxy groups -OCH3 is 1. The van der Waals surface area contributed by atoms with Crippen LogP contribution >= 0.6 is 22.6 Å². The first-order chi connectivity index (χ1) is 19.8. The predicted octanol–water partition coefficient (Wildman–Crippen LogP) is 7.45. The van der Waals surface area contributed by atoms with Gasteiger partial charge in [0, 0.05) is 54.6 Å². The van der Waals surface area contributed by atoms with Crippen LogP contribution in [0.4, 0.5) is 23.2 Å². The summed E-state index contributed by atoms with van der Waals surface area (Å²) in [4.78, 5) is 28.1. The van der Waals surface area contributed by atoms with Gasteiger partial charge in [0.25, 0.3) is 5.91 Å². The third-order valence-corrected chi connectivity index (χ3v) is 9.30. The van der Waals surface area contributed by atoms with Gasteiger partial charge >= 0.3 is 12.1 Å². The fourth-order valence-electron chi connectivity index (χ4n) is 5.89. The van der Waals surface area contributed by atoms with E-state index in [4.69, 9.17) is 9.84 Å². The van der Waals surface area contributed by atoms with E-state index >= 15 is 4.39 Å². The zero-order valence-corrected chi connectivity index (χ0v) is 26.5. The largest absolute Gasteiger partial charge is 0.497 e. The van der Waals surface area contributed by atoms with Gasteiger partial charge in [-0.3, -0.25) is 9.59 Å². The molecule has 6 nitrogen and oxygen atoms in total. The molecule has 11 heteroatoms. The molecule has 1 fully saturated rings. The number of nitrogens with zero attached hydrogens (tertiary/aromatic N) is 2. The molecule has 3 rings (SSSR count). The van der Waals surface area contributed by atoms with Gasteiger partial charge in [-0.2, -0.15) is 13.2 Å². The number of carbonyl (C=O) groups is 2. The van der Waals surface area contributed by atoms with Gasteiger partial charge in [-0.1, -0.05) is 61.1 Å². The average Bonchev–Trinajstić information content (AvgIpc) is 3.33. The minimum atomic E-state index is -4.55. The second-order valence-electron chi connectivity index (χ2n) is 10.9. The Balaban J connectivity index is 1.94. The number of halogens is 5. The molecule has 0 aromatic heterocycles. The Kier molecular flexibility index (Phi) is 11.5. The number of carboxylic acid groups (broad SMARTS) is 1. The number of hydrogen-bond donors (Lipinski definition) is 1. The van der Waals surface area contributed by atoms with Crippen molar-refractivity contribution in [2.45, 2.75) is 73.6 Å². The lowest BCUT2D eigenvalue weighted by atomic mass is 9.78. The lowest BCUT2D eigenvalue weighted by Crippen LogP contribution is -2.49. The Hall–Kier alpha value is -2.57. The lowest BCUT2D eigenvalue weighted by Gasteiger charge is -2.35. The van der Waals surface area contributed by atoms with Crippen LogP contribution in [0.15, 0.2) is 42.5 Å². The van der Waals surface area contributed by atoms with Crippen LogP contribution in [0.5, 0.6) is 5.75 Å². The maximum Gasteiger partial charge on any atom is 0.416 e. The monoisotopic (exact) mass is 706 g/mol. The molecule has 0 aliphatic carbocycles. The molecule has 1 aliphatic heterocycles. The molecule has 2 aromatic rings. The SMILES string of the molecule is CCC[C@@](F)(C(=O)N1C[C@H](c2ccc(C(F)(F)F)cc2N(C)CCCC(=O)O)[C@@H](I)C1)[C@@H](CC)c1ccc(OC)cc1. The zero-order valence-electron chi connectivity index (χ0n) is 24.4. The molecule has 1 saturated heterocycles. The maximum atomic E-state index is 17.0. The minimum absolute atomic E-state index is 0.0429. The van der Waals surface area contributed by atoms with E-state index < -0.39 is 35.2 Å². The molecular formula is C31H39F4IN2O4. The third-order valence-electron chi connectivity index (χ3n) is 8.04. The zero-order chi connectivity index (χ0) is 31.2. The van der Waals surface area contributed by atoms with Gasteiger partial charge in [0.1, 0.15) is 5.75 Å². The van der Waals surface area contributed by atoms with Crippen molar-refractivity contribution in [1.29, 1.82) is 0 Å². The van der Waals surface area contributed by atoms with Gasteiger partial charge in [-0.05, 0) is 54.7 Å². The number of benzene rings is 2. The summed E-state index contributed by atoms with van der Waals surface area (Å²) in [5.41, 5.74) is -1.30. The van der Waals surface area contributed by atoms with E-state index in [1.54, 1.807) is 43.3 Å². The number of anilines is 1. The first-order valence-corrected chi connectivity index (χ1v) is 15.4. The highest BCUT2D eigenvalue weighted by Gasteiger charge is 2.50. The van der Waals surface area contributed by atoms with E-state index in [9.17, 15) is 22.8 Å². The summed E-state index contributed by atoms with van der Waals surface area (Å²) in [5.74, 6) is -1.95. The van der Waals surface area contributed by atoms with Gasteiger partial charge < -0.3 is 19.6 Å². The number of likely N-dealkylation sites (tertiary alicyclic amines) is 1. The number of ether oxygens (including phenoxy) is 1. The molecule has 1 amide bonds. The van der Waals surface area contributed by atoms with Crippen LogP contribution in [-0.2, 0) is 15.8 Å². The van der Waals surface area contributed by atoms with Crippen molar-refractivity contribution in [2.75, 3.05) is 38.7 Å². The van der Waals surface area contributed by atoms with Crippen LogP contribution in [0.1, 0.15) is 74.5 Å². The fraction of sp³-hybridized carbons (Fsp3) is 0.548. The van der Waals surface area contributed by atoms with Crippen molar-refractivity contribution >= 4 is 40.2 Å². The summed E-state index contributed by atoms with van der Waals surface area (Å²) in [6.07, 6.45) is -3.49. The van der Waals surface area contributed by atoms with E-state index in [-0.39, 0.29) is 48.7 Å². The van der Waals surface area contributed by atoms with Gasteiger partial charge in [0.2, 0.25) is 0 Å². The van der Waals surface area contributed by atoms with Crippen molar-refractivity contribution in [3.8, 4) is 5.75 Å². The van der Waals surface area contributed by atoms with Crippen molar-refractivity contribution in [3.63, 3.8) is 0 Å². The molecule has 232 valence electrons. The predicted molar refractivity (Wildman–Crippen MR) is 163 cm³/mol. The van der Waals surface area contributed by atoms with E-state index in [0.717, 1.165) is 12.1 Å². The second kappa shape index (κ2) is 14.3. The van der Waals surface area contributed by atoms with E-state index in [1.807, 2.05) is 13.8 Å². The van der Waals surface area contributed by atoms with E-state index in [2.05, 4.69) is 22.6 Å². The smallest absolute Gasteiger partial charge is 0.416 e. The Morgan fingerprint density at radius 2 is 1.79 bits per heavy atom. The molecule has 1 heterocycles. The molecule has 2 aromatic carbocycles. The standard InChI is InChI=1S/C31H39F4IN2O4/c1-5-15-30(32,25(6-2)20-9-12-22(42-4)13-10-20)29(41)38-18-24(26(36)19-38)23-14-11-21(31(33,34)35)17-27(23)37(3)16-7-8-28(39)40/h9-14,17,24-26H,5-8,15-16,18-19H2,1-4H3,(H,39,40)/t24-,25+,26+,30+/m1/s1. The molecule has 1 aliphatic rings.